The van der Waals surface area contributed by atoms with Gasteiger partial charge in [0, 0.05) is 60.8 Å². The van der Waals surface area contributed by atoms with Gasteiger partial charge in [0.2, 0.25) is 5.88 Å². The Morgan fingerprint density at radius 2 is 1.85 bits per heavy atom. The highest BCUT2D eigenvalue weighted by atomic mass is 19.1. The van der Waals surface area contributed by atoms with Gasteiger partial charge in [0.25, 0.3) is 0 Å². The summed E-state index contributed by atoms with van der Waals surface area (Å²) in [6.45, 7) is 5.48. The van der Waals surface area contributed by atoms with Crippen molar-refractivity contribution in [2.24, 2.45) is 0 Å². The predicted octanol–water partition coefficient (Wildman–Crippen LogP) is 5.25. The Morgan fingerprint density at radius 1 is 1.05 bits per heavy atom. The van der Waals surface area contributed by atoms with Crippen LogP contribution in [0.25, 0.3) is 33.3 Å². The molecule has 0 unspecified atom stereocenters. The quantitative estimate of drug-likeness (QED) is 0.325. The number of fused-ring (bicyclic) bond motifs is 1. The Bertz CT molecular complexity index is 1540. The van der Waals surface area contributed by atoms with Crippen molar-refractivity contribution in [1.82, 2.24) is 25.2 Å². The van der Waals surface area contributed by atoms with Crippen LogP contribution in [0, 0.1) is 11.6 Å². The minimum Gasteiger partial charge on any atom is -0.476 e. The number of hydrogen-bond donors (Lipinski definition) is 1. The molecule has 40 heavy (non-hydrogen) atoms. The van der Waals surface area contributed by atoms with Crippen molar-refractivity contribution in [2.45, 2.75) is 31.7 Å². The summed E-state index contributed by atoms with van der Waals surface area (Å²) in [5, 5.41) is 3.99. The number of anilines is 1. The van der Waals surface area contributed by atoms with Gasteiger partial charge in [0.1, 0.15) is 29.8 Å². The zero-order valence-electron chi connectivity index (χ0n) is 23.1. The summed E-state index contributed by atoms with van der Waals surface area (Å²) in [6, 6.07) is 11.6. The Labute approximate surface area is 233 Å². The third-order valence-electron chi connectivity index (χ3n) is 7.63. The Kier molecular flexibility index (Phi) is 7.33. The van der Waals surface area contributed by atoms with Crippen LogP contribution < -0.4 is 15.0 Å². The predicted molar refractivity (Wildman–Crippen MR) is 154 cm³/mol. The maximum Gasteiger partial charge on any atom is 0.225 e. The molecule has 0 radical (unpaired) electrons. The molecular formula is C31H34F2N6O. The Morgan fingerprint density at radius 3 is 2.60 bits per heavy atom. The zero-order valence-corrected chi connectivity index (χ0v) is 23.1. The topological polar surface area (TPSA) is 66.4 Å². The molecule has 1 aliphatic carbocycles. The lowest BCUT2D eigenvalue weighted by atomic mass is 9.98. The second-order valence-corrected chi connectivity index (χ2v) is 10.9. The van der Waals surface area contributed by atoms with Gasteiger partial charge in [0.15, 0.2) is 0 Å². The Balaban J connectivity index is 1.66. The van der Waals surface area contributed by atoms with E-state index in [1.807, 2.05) is 31.1 Å². The van der Waals surface area contributed by atoms with Gasteiger partial charge in [-0.15, -0.1) is 0 Å². The molecule has 1 saturated heterocycles. The van der Waals surface area contributed by atoms with E-state index in [4.69, 9.17) is 19.7 Å². The molecule has 0 spiro atoms. The maximum absolute atomic E-state index is 15.8. The normalized spacial score (nSPS) is 17.6. The van der Waals surface area contributed by atoms with Gasteiger partial charge in [-0.25, -0.2) is 13.8 Å². The van der Waals surface area contributed by atoms with Crippen molar-refractivity contribution in [2.75, 3.05) is 51.8 Å². The third kappa shape index (κ3) is 5.11. The van der Waals surface area contributed by atoms with Gasteiger partial charge in [-0.1, -0.05) is 18.2 Å². The number of aromatic nitrogens is 3. The molecule has 1 saturated carbocycles. The average molecular weight is 545 g/mol. The van der Waals surface area contributed by atoms with Gasteiger partial charge >= 0.3 is 0 Å². The highest BCUT2D eigenvalue weighted by molar-refractivity contribution is 6.03. The molecule has 1 aliphatic heterocycles. The smallest absolute Gasteiger partial charge is 0.225 e. The lowest BCUT2D eigenvalue weighted by molar-refractivity contribution is 0.255. The standard InChI is InChI=1S/C31H34F2N6O/c1-19-18-34-13-14-39(19)30-23-17-25(33)28(21-7-4-5-9-24(21)32)36-29(23)26(31(37-30)40-16-15-38(2)3)22-8-6-12-35-27(22)20-10-11-20/h4-9,12,17,19-20,34H,10-11,13-16,18H2,1-3H3/t19-/m0/s1. The second-order valence-electron chi connectivity index (χ2n) is 10.9. The fourth-order valence-electron chi connectivity index (χ4n) is 5.36. The summed E-state index contributed by atoms with van der Waals surface area (Å²) in [4.78, 5) is 18.9. The summed E-state index contributed by atoms with van der Waals surface area (Å²) in [5.74, 6) is 0.284. The summed E-state index contributed by atoms with van der Waals surface area (Å²) in [6.07, 6.45) is 3.92. The third-order valence-corrected chi connectivity index (χ3v) is 7.63. The van der Waals surface area contributed by atoms with Crippen molar-refractivity contribution in [3.05, 3.63) is 66.0 Å². The first-order valence-electron chi connectivity index (χ1n) is 13.9. The van der Waals surface area contributed by atoms with Crippen LogP contribution in [-0.4, -0.2) is 72.8 Å². The molecular weight excluding hydrogens is 510 g/mol. The molecule has 2 fully saturated rings. The number of likely N-dealkylation sites (N-methyl/N-ethyl adjacent to an activating group) is 1. The van der Waals surface area contributed by atoms with Crippen LogP contribution >= 0.6 is 0 Å². The summed E-state index contributed by atoms with van der Waals surface area (Å²) in [5.41, 5.74) is 3.13. The van der Waals surface area contributed by atoms with Crippen LogP contribution in [0.2, 0.25) is 0 Å². The summed E-state index contributed by atoms with van der Waals surface area (Å²) < 4.78 is 37.2. The van der Waals surface area contributed by atoms with Crippen LogP contribution in [0.4, 0.5) is 14.6 Å². The highest BCUT2D eigenvalue weighted by Crippen LogP contribution is 2.48. The number of piperazine rings is 1. The lowest BCUT2D eigenvalue weighted by Crippen LogP contribution is -2.50. The van der Waals surface area contributed by atoms with E-state index in [0.717, 1.165) is 37.2 Å². The minimum absolute atomic E-state index is 0.0338. The largest absolute Gasteiger partial charge is 0.476 e. The Hall–Kier alpha value is -3.69. The number of nitrogens with zero attached hydrogens (tertiary/aromatic N) is 5. The average Bonchev–Trinajstić information content (AvgIpc) is 3.79. The second kappa shape index (κ2) is 11.1. The monoisotopic (exact) mass is 544 g/mol. The zero-order chi connectivity index (χ0) is 27.8. The van der Waals surface area contributed by atoms with Crippen molar-refractivity contribution < 1.29 is 13.5 Å². The van der Waals surface area contributed by atoms with E-state index in [2.05, 4.69) is 17.1 Å². The van der Waals surface area contributed by atoms with E-state index >= 15 is 4.39 Å². The van der Waals surface area contributed by atoms with E-state index < -0.39 is 11.6 Å². The first-order chi connectivity index (χ1) is 19.4. The molecule has 9 heteroatoms. The maximum atomic E-state index is 15.8. The van der Waals surface area contributed by atoms with Crippen molar-refractivity contribution in [1.29, 1.82) is 0 Å². The van der Waals surface area contributed by atoms with Crippen LogP contribution in [-0.2, 0) is 0 Å². The number of halogens is 2. The molecule has 4 aromatic rings. The van der Waals surface area contributed by atoms with Gasteiger partial charge in [-0.05, 0) is 58.1 Å². The molecule has 1 atom stereocenters. The molecule has 208 valence electrons. The van der Waals surface area contributed by atoms with E-state index in [1.54, 1.807) is 24.4 Å². The highest BCUT2D eigenvalue weighted by Gasteiger charge is 2.32. The fraction of sp³-hybridized carbons (Fsp3) is 0.387. The van der Waals surface area contributed by atoms with E-state index in [-0.39, 0.29) is 17.3 Å². The molecule has 2 aliphatic rings. The van der Waals surface area contributed by atoms with Gasteiger partial charge < -0.3 is 19.9 Å². The van der Waals surface area contributed by atoms with Crippen LogP contribution in [0.1, 0.15) is 31.4 Å². The molecule has 1 N–H and O–H groups in total. The number of hydrogen-bond acceptors (Lipinski definition) is 7. The van der Waals surface area contributed by atoms with Crippen LogP contribution in [0.5, 0.6) is 5.88 Å². The summed E-state index contributed by atoms with van der Waals surface area (Å²) >= 11 is 0. The van der Waals surface area contributed by atoms with E-state index in [1.165, 1.54) is 12.1 Å². The first-order valence-corrected chi connectivity index (χ1v) is 13.9. The first kappa shape index (κ1) is 26.5. The number of nitrogens with one attached hydrogen (secondary N) is 1. The lowest BCUT2D eigenvalue weighted by Gasteiger charge is -2.36. The van der Waals surface area contributed by atoms with E-state index in [0.29, 0.717) is 53.8 Å². The molecule has 0 bridgehead atoms. The van der Waals surface area contributed by atoms with Crippen LogP contribution in [0.15, 0.2) is 48.7 Å². The number of ether oxygens (including phenoxy) is 1. The molecule has 0 amide bonds. The molecule has 1 aromatic carbocycles. The molecule has 4 heterocycles. The molecule has 3 aromatic heterocycles. The van der Waals surface area contributed by atoms with Crippen LogP contribution in [0.3, 0.4) is 0 Å². The fourth-order valence-corrected chi connectivity index (χ4v) is 5.36. The number of benzene rings is 1. The van der Waals surface area contributed by atoms with Gasteiger partial charge in [-0.2, -0.15) is 4.98 Å². The van der Waals surface area contributed by atoms with Gasteiger partial charge in [-0.3, -0.25) is 4.98 Å². The number of pyridine rings is 3. The molecule has 7 nitrogen and oxygen atoms in total. The minimum atomic E-state index is -0.593. The van der Waals surface area contributed by atoms with Crippen molar-refractivity contribution in [3.63, 3.8) is 0 Å². The van der Waals surface area contributed by atoms with E-state index in [9.17, 15) is 4.39 Å². The molecule has 6 rings (SSSR count). The van der Waals surface area contributed by atoms with Crippen molar-refractivity contribution in [3.8, 4) is 28.3 Å². The summed E-state index contributed by atoms with van der Waals surface area (Å²) in [7, 11) is 3.98. The SMILES string of the molecule is C[C@H]1CNCCN1c1nc(OCCN(C)C)c(-c2cccnc2C2CC2)c2nc(-c3ccccc3F)c(F)cc12. The van der Waals surface area contributed by atoms with Gasteiger partial charge in [0.05, 0.1) is 16.8 Å². The number of rotatable bonds is 8. The van der Waals surface area contributed by atoms with Crippen molar-refractivity contribution >= 4 is 16.7 Å².